The smallest absolute Gasteiger partial charge is 0.243 e. The molecule has 4 nitrogen and oxygen atoms in total. The number of imidazole rings is 1. The van der Waals surface area contributed by atoms with Crippen LogP contribution in [0.25, 0.3) is 0 Å². The van der Waals surface area contributed by atoms with Crippen molar-refractivity contribution in [1.29, 1.82) is 5.26 Å². The Balaban J connectivity index is 2.24. The first kappa shape index (κ1) is 11.7. The predicted octanol–water partition coefficient (Wildman–Crippen LogP) is 1.12. The van der Waals surface area contributed by atoms with E-state index in [1.165, 1.54) is 0 Å². The number of aryl methyl sites for hydroxylation is 2. The third kappa shape index (κ3) is 4.61. The van der Waals surface area contributed by atoms with Crippen LogP contribution in [0.1, 0.15) is 19.8 Å². The quantitative estimate of drug-likeness (QED) is 0.497. The zero-order chi connectivity index (χ0) is 10.9. The minimum Gasteiger partial charge on any atom is -0.382 e. The van der Waals surface area contributed by atoms with Gasteiger partial charge >= 0.3 is 0 Å². The highest BCUT2D eigenvalue weighted by atomic mass is 16.5. The van der Waals surface area contributed by atoms with Gasteiger partial charge in [-0.25, -0.2) is 9.13 Å². The molecule has 0 aliphatic heterocycles. The van der Waals surface area contributed by atoms with E-state index in [-0.39, 0.29) is 0 Å². The average molecular weight is 208 g/mol. The van der Waals surface area contributed by atoms with Gasteiger partial charge in [0.1, 0.15) is 18.9 Å². The van der Waals surface area contributed by atoms with Crippen molar-refractivity contribution in [3.05, 3.63) is 18.7 Å². The summed E-state index contributed by atoms with van der Waals surface area (Å²) in [4.78, 5) is 0. The first-order chi connectivity index (χ1) is 7.36. The van der Waals surface area contributed by atoms with Gasteiger partial charge in [-0.1, -0.05) is 0 Å². The van der Waals surface area contributed by atoms with Gasteiger partial charge in [0.2, 0.25) is 6.33 Å². The predicted molar refractivity (Wildman–Crippen MR) is 56.0 cm³/mol. The van der Waals surface area contributed by atoms with Gasteiger partial charge in [0, 0.05) is 13.0 Å². The zero-order valence-electron chi connectivity index (χ0n) is 9.22. The van der Waals surface area contributed by atoms with Crippen LogP contribution in [-0.4, -0.2) is 17.8 Å². The summed E-state index contributed by atoms with van der Waals surface area (Å²) in [7, 11) is 0. The van der Waals surface area contributed by atoms with Gasteiger partial charge in [-0.15, -0.1) is 0 Å². The van der Waals surface area contributed by atoms with Gasteiger partial charge in [-0.3, -0.25) is 0 Å². The second kappa shape index (κ2) is 7.02. The van der Waals surface area contributed by atoms with Crippen LogP contribution in [0.15, 0.2) is 18.7 Å². The fraction of sp³-hybridized carbons (Fsp3) is 0.636. The van der Waals surface area contributed by atoms with Crippen molar-refractivity contribution < 1.29 is 9.30 Å². The normalized spacial score (nSPS) is 10.1. The van der Waals surface area contributed by atoms with Crippen LogP contribution in [0.4, 0.5) is 0 Å². The maximum atomic E-state index is 8.45. The molecule has 0 N–H and O–H groups in total. The summed E-state index contributed by atoms with van der Waals surface area (Å²) in [5.74, 6) is 0. The number of nitrogens with zero attached hydrogens (tertiary/aromatic N) is 3. The molecular weight excluding hydrogens is 190 g/mol. The van der Waals surface area contributed by atoms with Crippen molar-refractivity contribution in [2.24, 2.45) is 0 Å². The first-order valence-corrected chi connectivity index (χ1v) is 5.36. The lowest BCUT2D eigenvalue weighted by molar-refractivity contribution is -0.695. The molecule has 82 valence electrons. The van der Waals surface area contributed by atoms with Crippen molar-refractivity contribution in [2.45, 2.75) is 32.9 Å². The topological polar surface area (TPSA) is 41.8 Å². The summed E-state index contributed by atoms with van der Waals surface area (Å²) in [6, 6.07) is 2.14. The largest absolute Gasteiger partial charge is 0.382 e. The van der Waals surface area contributed by atoms with Crippen molar-refractivity contribution in [3.63, 3.8) is 0 Å². The maximum absolute atomic E-state index is 8.45. The van der Waals surface area contributed by atoms with Crippen molar-refractivity contribution in [3.8, 4) is 6.07 Å². The monoisotopic (exact) mass is 208 g/mol. The van der Waals surface area contributed by atoms with Crippen LogP contribution in [0.2, 0.25) is 0 Å². The molecule has 15 heavy (non-hydrogen) atoms. The Kier molecular flexibility index (Phi) is 5.49. The summed E-state index contributed by atoms with van der Waals surface area (Å²) in [5.41, 5.74) is 0. The van der Waals surface area contributed by atoms with E-state index in [9.17, 15) is 0 Å². The molecule has 0 amide bonds. The molecule has 0 aliphatic carbocycles. The minimum atomic E-state index is 0.563. The van der Waals surface area contributed by atoms with E-state index >= 15 is 0 Å². The number of hydrogen-bond donors (Lipinski definition) is 0. The molecule has 0 aliphatic rings. The standard InChI is InChI=1S/C11H18N3O/c1-2-15-10-4-7-14-9-8-13(11-14)6-3-5-12/h8-9,11H,2-4,6-7,10H2,1H3/q+1. The van der Waals surface area contributed by atoms with Crippen LogP contribution < -0.4 is 4.57 Å². The molecule has 0 saturated carbocycles. The Hall–Kier alpha value is -1.34. The lowest BCUT2D eigenvalue weighted by Gasteiger charge is -1.98. The van der Waals surface area contributed by atoms with Gasteiger partial charge in [0.25, 0.3) is 0 Å². The third-order valence-electron chi connectivity index (χ3n) is 2.14. The molecule has 0 fully saturated rings. The number of ether oxygens (including phenoxy) is 1. The number of nitriles is 1. The molecule has 1 heterocycles. The Bertz CT molecular complexity index is 314. The van der Waals surface area contributed by atoms with Crippen LogP contribution >= 0.6 is 0 Å². The first-order valence-electron chi connectivity index (χ1n) is 5.36. The molecule has 0 radical (unpaired) electrons. The SMILES string of the molecule is CCOCCCn1cc[n+](CCC#N)c1. The molecule has 1 aromatic rings. The molecule has 1 rings (SSSR count). The Morgan fingerprint density at radius 3 is 3.13 bits per heavy atom. The highest BCUT2D eigenvalue weighted by Crippen LogP contribution is 1.91. The molecule has 0 atom stereocenters. The zero-order valence-corrected chi connectivity index (χ0v) is 9.22. The number of hydrogen-bond acceptors (Lipinski definition) is 2. The van der Waals surface area contributed by atoms with E-state index in [1.54, 1.807) is 0 Å². The highest BCUT2D eigenvalue weighted by Gasteiger charge is 2.02. The van der Waals surface area contributed by atoms with E-state index in [0.29, 0.717) is 6.42 Å². The van der Waals surface area contributed by atoms with Crippen molar-refractivity contribution >= 4 is 0 Å². The second-order valence-corrected chi connectivity index (χ2v) is 3.35. The number of aromatic nitrogens is 2. The fourth-order valence-electron chi connectivity index (χ4n) is 1.38. The summed E-state index contributed by atoms with van der Waals surface area (Å²) in [5, 5.41) is 8.45. The van der Waals surface area contributed by atoms with Gasteiger partial charge in [0.05, 0.1) is 25.6 Å². The van der Waals surface area contributed by atoms with E-state index in [4.69, 9.17) is 10.00 Å². The molecule has 0 saturated heterocycles. The lowest BCUT2D eigenvalue weighted by Crippen LogP contribution is -2.30. The Morgan fingerprint density at radius 1 is 1.53 bits per heavy atom. The van der Waals surface area contributed by atoms with E-state index in [0.717, 1.165) is 32.7 Å². The van der Waals surface area contributed by atoms with Crippen LogP contribution in [0.5, 0.6) is 0 Å². The molecule has 4 heteroatoms. The third-order valence-corrected chi connectivity index (χ3v) is 2.14. The van der Waals surface area contributed by atoms with E-state index in [2.05, 4.69) is 10.6 Å². The molecule has 0 aromatic carbocycles. The second-order valence-electron chi connectivity index (χ2n) is 3.35. The van der Waals surface area contributed by atoms with Crippen LogP contribution in [-0.2, 0) is 17.8 Å². The molecule has 0 unspecified atom stereocenters. The van der Waals surface area contributed by atoms with Gasteiger partial charge < -0.3 is 4.74 Å². The Labute approximate surface area is 90.7 Å². The molecular formula is C11H18N3O+. The summed E-state index contributed by atoms with van der Waals surface area (Å²) >= 11 is 0. The number of rotatable bonds is 7. The molecule has 0 bridgehead atoms. The minimum absolute atomic E-state index is 0.563. The molecule has 0 spiro atoms. The maximum Gasteiger partial charge on any atom is 0.243 e. The van der Waals surface area contributed by atoms with Crippen LogP contribution in [0, 0.1) is 11.3 Å². The summed E-state index contributed by atoms with van der Waals surface area (Å²) in [6.07, 6.45) is 7.65. The lowest BCUT2D eigenvalue weighted by atomic mass is 10.4. The fourth-order valence-corrected chi connectivity index (χ4v) is 1.38. The molecule has 1 aromatic heterocycles. The average Bonchev–Trinajstić information content (AvgIpc) is 2.69. The van der Waals surface area contributed by atoms with Crippen molar-refractivity contribution in [2.75, 3.05) is 13.2 Å². The Morgan fingerprint density at radius 2 is 2.40 bits per heavy atom. The van der Waals surface area contributed by atoms with E-state index < -0.39 is 0 Å². The van der Waals surface area contributed by atoms with Gasteiger partial charge in [-0.2, -0.15) is 5.26 Å². The summed E-state index contributed by atoms with van der Waals surface area (Å²) < 4.78 is 9.42. The van der Waals surface area contributed by atoms with Crippen LogP contribution in [0.3, 0.4) is 0 Å². The highest BCUT2D eigenvalue weighted by molar-refractivity contribution is 4.68. The van der Waals surface area contributed by atoms with Gasteiger partial charge in [-0.05, 0) is 6.92 Å². The van der Waals surface area contributed by atoms with Gasteiger partial charge in [0.15, 0.2) is 0 Å². The van der Waals surface area contributed by atoms with Crippen molar-refractivity contribution in [1.82, 2.24) is 4.57 Å². The van der Waals surface area contributed by atoms with E-state index in [1.807, 2.05) is 30.2 Å². The summed E-state index contributed by atoms with van der Waals surface area (Å²) in [6.45, 7) is 5.35.